The molecule has 6 heteroatoms. The van der Waals surface area contributed by atoms with E-state index in [1.54, 1.807) is 17.4 Å². The van der Waals surface area contributed by atoms with Crippen LogP contribution < -0.4 is 9.64 Å². The van der Waals surface area contributed by atoms with E-state index in [1.807, 2.05) is 29.2 Å². The Balaban J connectivity index is 1.32. The zero-order chi connectivity index (χ0) is 21.3. The van der Waals surface area contributed by atoms with Crippen LogP contribution in [-0.4, -0.2) is 36.2 Å². The molecule has 0 spiro atoms. The fourth-order valence-corrected chi connectivity index (χ4v) is 5.29. The van der Waals surface area contributed by atoms with E-state index in [9.17, 15) is 9.50 Å². The lowest BCUT2D eigenvalue weighted by molar-refractivity contribution is 0.0115. The van der Waals surface area contributed by atoms with E-state index in [1.165, 1.54) is 11.6 Å². The third kappa shape index (κ3) is 4.33. The fourth-order valence-electron chi connectivity index (χ4n) is 4.63. The highest BCUT2D eigenvalue weighted by Gasteiger charge is 2.35. The predicted octanol–water partition coefficient (Wildman–Crippen LogP) is 4.77. The van der Waals surface area contributed by atoms with E-state index in [4.69, 9.17) is 4.74 Å². The van der Waals surface area contributed by atoms with Gasteiger partial charge in [-0.3, -0.25) is 4.90 Å². The number of nitrogens with zero attached hydrogens (tertiary/aromatic N) is 2. The number of thiophene rings is 1. The van der Waals surface area contributed by atoms with E-state index in [2.05, 4.69) is 27.8 Å². The number of rotatable bonds is 4. The topological polar surface area (TPSA) is 35.9 Å². The van der Waals surface area contributed by atoms with Gasteiger partial charge in [-0.2, -0.15) is 11.3 Å². The first-order chi connectivity index (χ1) is 15.1. The molecule has 0 unspecified atom stereocenters. The Morgan fingerprint density at radius 2 is 1.90 bits per heavy atom. The molecule has 0 amide bonds. The molecule has 0 aliphatic carbocycles. The minimum absolute atomic E-state index is 0.208. The molecule has 1 aromatic heterocycles. The average Bonchev–Trinajstić information content (AvgIpc) is 3.20. The average molecular weight is 439 g/mol. The van der Waals surface area contributed by atoms with Crippen molar-refractivity contribution in [1.82, 2.24) is 4.90 Å². The number of ether oxygens (including phenoxy) is 1. The molecule has 162 valence electrons. The molecule has 2 aliphatic heterocycles. The van der Waals surface area contributed by atoms with E-state index in [-0.39, 0.29) is 5.82 Å². The van der Waals surface area contributed by atoms with Crippen molar-refractivity contribution in [3.63, 3.8) is 0 Å². The lowest BCUT2D eigenvalue weighted by Crippen LogP contribution is -2.43. The van der Waals surface area contributed by atoms with Gasteiger partial charge in [0.25, 0.3) is 0 Å². The molecule has 0 atom stereocenters. The highest BCUT2D eigenvalue weighted by atomic mass is 32.1. The van der Waals surface area contributed by atoms with Gasteiger partial charge in [-0.25, -0.2) is 4.39 Å². The molecule has 1 N–H and O–H groups in total. The minimum atomic E-state index is -0.902. The first-order valence-electron chi connectivity index (χ1n) is 10.8. The molecule has 4 nitrogen and oxygen atoms in total. The SMILES string of the molecule is OC1(c2ccc3c(c2)CN(Cc2ccsc2)CCO3)CCN(c2ccccc2F)CC1. The fraction of sp³-hybridized carbons (Fsp3) is 0.360. The summed E-state index contributed by atoms with van der Waals surface area (Å²) in [5.41, 5.74) is 3.09. The molecule has 0 radical (unpaired) electrons. The van der Waals surface area contributed by atoms with Crippen molar-refractivity contribution in [3.8, 4) is 5.75 Å². The second-order valence-corrected chi connectivity index (χ2v) is 9.26. The number of halogens is 1. The van der Waals surface area contributed by atoms with Crippen molar-refractivity contribution in [2.75, 3.05) is 31.1 Å². The Kier molecular flexibility index (Phi) is 5.69. The Hall–Kier alpha value is -2.41. The number of fused-ring (bicyclic) bond motifs is 1. The van der Waals surface area contributed by atoms with Gasteiger partial charge in [0.15, 0.2) is 0 Å². The van der Waals surface area contributed by atoms with Crippen LogP contribution in [0.5, 0.6) is 5.75 Å². The van der Waals surface area contributed by atoms with Crippen LogP contribution in [0, 0.1) is 5.82 Å². The highest BCUT2D eigenvalue weighted by molar-refractivity contribution is 7.07. The summed E-state index contributed by atoms with van der Waals surface area (Å²) >= 11 is 1.72. The van der Waals surface area contributed by atoms with Crippen LogP contribution in [0.2, 0.25) is 0 Å². The second kappa shape index (κ2) is 8.61. The maximum absolute atomic E-state index is 14.2. The molecular formula is C25H27FN2O2S. The number of hydrogen-bond acceptors (Lipinski definition) is 5. The maximum Gasteiger partial charge on any atom is 0.146 e. The zero-order valence-electron chi connectivity index (χ0n) is 17.5. The van der Waals surface area contributed by atoms with Crippen molar-refractivity contribution in [2.45, 2.75) is 31.5 Å². The normalized spacial score (nSPS) is 18.8. The van der Waals surface area contributed by atoms with Gasteiger partial charge in [0.2, 0.25) is 0 Å². The van der Waals surface area contributed by atoms with Crippen LogP contribution in [-0.2, 0) is 18.7 Å². The van der Waals surface area contributed by atoms with E-state index in [0.717, 1.165) is 36.5 Å². The van der Waals surface area contributed by atoms with E-state index >= 15 is 0 Å². The molecule has 1 saturated heterocycles. The molecule has 5 rings (SSSR count). The summed E-state index contributed by atoms with van der Waals surface area (Å²) in [6, 6.07) is 15.1. The van der Waals surface area contributed by atoms with Crippen molar-refractivity contribution >= 4 is 17.0 Å². The van der Waals surface area contributed by atoms with Gasteiger partial charge in [-0.05, 0) is 65.1 Å². The van der Waals surface area contributed by atoms with E-state index < -0.39 is 5.60 Å². The summed E-state index contributed by atoms with van der Waals surface area (Å²) in [4.78, 5) is 4.42. The number of para-hydroxylation sites is 1. The standard InChI is InChI=1S/C25H27FN2O2S/c26-22-3-1-2-4-23(22)28-10-8-25(29,9-11-28)21-5-6-24-20(15-21)17-27(12-13-30-24)16-19-7-14-31-18-19/h1-7,14-15,18,29H,8-13,16-17H2. The summed E-state index contributed by atoms with van der Waals surface area (Å²) in [6.45, 7) is 4.49. The molecule has 2 aromatic carbocycles. The Morgan fingerprint density at radius 1 is 1.06 bits per heavy atom. The maximum atomic E-state index is 14.2. The number of anilines is 1. The monoisotopic (exact) mass is 438 g/mol. The first-order valence-corrected chi connectivity index (χ1v) is 11.8. The smallest absolute Gasteiger partial charge is 0.146 e. The van der Waals surface area contributed by atoms with Crippen LogP contribution in [0.4, 0.5) is 10.1 Å². The van der Waals surface area contributed by atoms with Crippen LogP contribution in [0.25, 0.3) is 0 Å². The highest BCUT2D eigenvalue weighted by Crippen LogP contribution is 2.37. The molecule has 0 bridgehead atoms. The van der Waals surface area contributed by atoms with Gasteiger partial charge in [-0.15, -0.1) is 0 Å². The summed E-state index contributed by atoms with van der Waals surface area (Å²) in [7, 11) is 0. The first kappa shape index (κ1) is 20.5. The van der Waals surface area contributed by atoms with Crippen molar-refractivity contribution < 1.29 is 14.2 Å². The van der Waals surface area contributed by atoms with Gasteiger partial charge in [0.05, 0.1) is 11.3 Å². The van der Waals surface area contributed by atoms with Gasteiger partial charge in [0.1, 0.15) is 18.2 Å². The largest absolute Gasteiger partial charge is 0.492 e. The molecular weight excluding hydrogens is 411 g/mol. The van der Waals surface area contributed by atoms with Gasteiger partial charge in [0, 0.05) is 38.3 Å². The Bertz CT molecular complexity index is 1030. The van der Waals surface area contributed by atoms with Gasteiger partial charge < -0.3 is 14.7 Å². The van der Waals surface area contributed by atoms with Gasteiger partial charge in [-0.1, -0.05) is 18.2 Å². The molecule has 31 heavy (non-hydrogen) atoms. The third-order valence-electron chi connectivity index (χ3n) is 6.43. The van der Waals surface area contributed by atoms with Crippen molar-refractivity contribution in [2.24, 2.45) is 0 Å². The summed E-state index contributed by atoms with van der Waals surface area (Å²) in [5.74, 6) is 0.699. The lowest BCUT2D eigenvalue weighted by Gasteiger charge is -2.40. The number of aliphatic hydroxyl groups is 1. The minimum Gasteiger partial charge on any atom is -0.492 e. The predicted molar refractivity (Wildman–Crippen MR) is 122 cm³/mol. The summed E-state index contributed by atoms with van der Waals surface area (Å²) in [5, 5.41) is 15.7. The third-order valence-corrected chi connectivity index (χ3v) is 7.16. The van der Waals surface area contributed by atoms with E-state index in [0.29, 0.717) is 38.2 Å². The zero-order valence-corrected chi connectivity index (χ0v) is 18.3. The van der Waals surface area contributed by atoms with Crippen LogP contribution in [0.1, 0.15) is 29.5 Å². The summed E-state index contributed by atoms with van der Waals surface area (Å²) < 4.78 is 20.2. The molecule has 2 aliphatic rings. The quantitative estimate of drug-likeness (QED) is 0.637. The van der Waals surface area contributed by atoms with Crippen LogP contribution in [0.3, 0.4) is 0 Å². The number of hydrogen-bond donors (Lipinski definition) is 1. The summed E-state index contributed by atoms with van der Waals surface area (Å²) in [6.07, 6.45) is 1.14. The molecule has 0 saturated carbocycles. The van der Waals surface area contributed by atoms with Crippen molar-refractivity contribution in [3.05, 3.63) is 81.8 Å². The molecule has 1 fully saturated rings. The Labute approximate surface area is 186 Å². The van der Waals surface area contributed by atoms with Crippen LogP contribution in [0.15, 0.2) is 59.3 Å². The Morgan fingerprint density at radius 3 is 2.68 bits per heavy atom. The lowest BCUT2D eigenvalue weighted by atomic mass is 9.83. The second-order valence-electron chi connectivity index (χ2n) is 8.48. The van der Waals surface area contributed by atoms with Gasteiger partial charge >= 0.3 is 0 Å². The number of piperidine rings is 1. The molecule has 3 aromatic rings. The molecule has 3 heterocycles. The van der Waals surface area contributed by atoms with Crippen LogP contribution >= 0.6 is 11.3 Å². The van der Waals surface area contributed by atoms with Crippen molar-refractivity contribution in [1.29, 1.82) is 0 Å². The number of benzene rings is 2.